The standard InChI is InChI=1S/C15H18O2/c1-10-7-12(3-5-14(10)16)9-13-4-6-15(17)11(2)8-13/h3-8,10,14,16-17H,9H2,1-2H3. The maximum Gasteiger partial charge on any atom is 0.118 e. The Balaban J connectivity index is 2.14. The van der Waals surface area contributed by atoms with Gasteiger partial charge in [0.25, 0.3) is 0 Å². The van der Waals surface area contributed by atoms with Crippen LogP contribution in [-0.2, 0) is 6.42 Å². The second-order valence-electron chi connectivity index (χ2n) is 4.75. The third-order valence-electron chi connectivity index (χ3n) is 3.19. The summed E-state index contributed by atoms with van der Waals surface area (Å²) < 4.78 is 0. The SMILES string of the molecule is Cc1cc(CC2=CC(C)C(O)C=C2)ccc1O. The van der Waals surface area contributed by atoms with Crippen LogP contribution in [0.15, 0.2) is 42.0 Å². The van der Waals surface area contributed by atoms with Crippen molar-refractivity contribution < 1.29 is 10.2 Å². The average Bonchev–Trinajstić information content (AvgIpc) is 2.29. The average molecular weight is 230 g/mol. The number of benzene rings is 1. The monoisotopic (exact) mass is 230 g/mol. The van der Waals surface area contributed by atoms with Crippen molar-refractivity contribution in [2.45, 2.75) is 26.4 Å². The Morgan fingerprint density at radius 1 is 1.29 bits per heavy atom. The highest BCUT2D eigenvalue weighted by Crippen LogP contribution is 2.22. The van der Waals surface area contributed by atoms with Crippen molar-refractivity contribution in [3.8, 4) is 5.75 Å². The summed E-state index contributed by atoms with van der Waals surface area (Å²) in [6.07, 6.45) is 6.40. The van der Waals surface area contributed by atoms with E-state index in [1.54, 1.807) is 6.07 Å². The van der Waals surface area contributed by atoms with E-state index >= 15 is 0 Å². The van der Waals surface area contributed by atoms with Crippen molar-refractivity contribution in [1.29, 1.82) is 0 Å². The smallest absolute Gasteiger partial charge is 0.118 e. The molecule has 1 aromatic carbocycles. The lowest BCUT2D eigenvalue weighted by Gasteiger charge is -2.18. The van der Waals surface area contributed by atoms with E-state index in [0.29, 0.717) is 5.75 Å². The molecule has 2 N–H and O–H groups in total. The molecule has 1 aliphatic rings. The van der Waals surface area contributed by atoms with E-state index in [4.69, 9.17) is 0 Å². The van der Waals surface area contributed by atoms with E-state index in [1.807, 2.05) is 38.1 Å². The van der Waals surface area contributed by atoms with Gasteiger partial charge < -0.3 is 10.2 Å². The lowest BCUT2D eigenvalue weighted by Crippen LogP contribution is -2.16. The first-order valence-electron chi connectivity index (χ1n) is 5.91. The third-order valence-corrected chi connectivity index (χ3v) is 3.19. The van der Waals surface area contributed by atoms with Crippen LogP contribution in [-0.4, -0.2) is 16.3 Å². The number of aliphatic hydroxyl groups is 1. The van der Waals surface area contributed by atoms with Crippen LogP contribution in [0.1, 0.15) is 18.1 Å². The molecule has 90 valence electrons. The fraction of sp³-hybridized carbons (Fsp3) is 0.333. The molecule has 0 saturated carbocycles. The fourth-order valence-corrected chi connectivity index (χ4v) is 2.07. The fourth-order valence-electron chi connectivity index (χ4n) is 2.07. The zero-order valence-electron chi connectivity index (χ0n) is 10.2. The molecule has 0 saturated heterocycles. The molecule has 1 aromatic rings. The van der Waals surface area contributed by atoms with Crippen molar-refractivity contribution in [3.05, 3.63) is 53.1 Å². The molecule has 0 amide bonds. The molecule has 17 heavy (non-hydrogen) atoms. The molecule has 0 aliphatic heterocycles. The minimum Gasteiger partial charge on any atom is -0.508 e. The van der Waals surface area contributed by atoms with Crippen LogP contribution in [0.4, 0.5) is 0 Å². The summed E-state index contributed by atoms with van der Waals surface area (Å²) in [7, 11) is 0. The van der Waals surface area contributed by atoms with Gasteiger partial charge in [0.1, 0.15) is 5.75 Å². The van der Waals surface area contributed by atoms with Gasteiger partial charge in [-0.1, -0.05) is 37.3 Å². The minimum absolute atomic E-state index is 0.174. The molecule has 0 bridgehead atoms. The quantitative estimate of drug-likeness (QED) is 0.820. The number of hydrogen-bond acceptors (Lipinski definition) is 2. The van der Waals surface area contributed by atoms with Crippen LogP contribution in [0, 0.1) is 12.8 Å². The van der Waals surface area contributed by atoms with Gasteiger partial charge in [-0.25, -0.2) is 0 Å². The van der Waals surface area contributed by atoms with E-state index in [9.17, 15) is 10.2 Å². The molecule has 2 atom stereocenters. The van der Waals surface area contributed by atoms with Crippen molar-refractivity contribution in [2.75, 3.05) is 0 Å². The summed E-state index contributed by atoms with van der Waals surface area (Å²) in [5.74, 6) is 0.513. The zero-order chi connectivity index (χ0) is 12.4. The normalized spacial score (nSPS) is 23.6. The van der Waals surface area contributed by atoms with Gasteiger partial charge in [0.15, 0.2) is 0 Å². The Kier molecular flexibility index (Phi) is 3.34. The number of aryl methyl sites for hydroxylation is 1. The van der Waals surface area contributed by atoms with Crippen molar-refractivity contribution >= 4 is 0 Å². The van der Waals surface area contributed by atoms with Crippen molar-refractivity contribution in [3.63, 3.8) is 0 Å². The van der Waals surface area contributed by atoms with Gasteiger partial charge in [-0.05, 0) is 36.1 Å². The summed E-state index contributed by atoms with van der Waals surface area (Å²) in [6.45, 7) is 3.91. The largest absolute Gasteiger partial charge is 0.508 e. The van der Waals surface area contributed by atoms with Gasteiger partial charge in [0.05, 0.1) is 6.10 Å². The Morgan fingerprint density at radius 2 is 2.06 bits per heavy atom. The van der Waals surface area contributed by atoms with Gasteiger partial charge >= 0.3 is 0 Å². The van der Waals surface area contributed by atoms with E-state index in [1.165, 1.54) is 11.1 Å². The van der Waals surface area contributed by atoms with E-state index in [0.717, 1.165) is 12.0 Å². The summed E-state index contributed by atoms with van der Waals surface area (Å²) >= 11 is 0. The topological polar surface area (TPSA) is 40.5 Å². The Labute approximate surface area is 102 Å². The molecule has 0 spiro atoms. The summed E-state index contributed by atoms with van der Waals surface area (Å²) in [5.41, 5.74) is 3.30. The molecular formula is C15H18O2. The molecule has 2 nitrogen and oxygen atoms in total. The number of aromatic hydroxyl groups is 1. The van der Waals surface area contributed by atoms with E-state index < -0.39 is 0 Å². The molecular weight excluding hydrogens is 212 g/mol. The first kappa shape index (κ1) is 11.9. The molecule has 0 aromatic heterocycles. The van der Waals surface area contributed by atoms with Crippen LogP contribution in [0.2, 0.25) is 0 Å². The summed E-state index contributed by atoms with van der Waals surface area (Å²) in [4.78, 5) is 0. The molecule has 2 rings (SSSR count). The Hall–Kier alpha value is -1.54. The molecule has 0 fully saturated rings. The number of rotatable bonds is 2. The zero-order valence-corrected chi connectivity index (χ0v) is 10.2. The molecule has 1 aliphatic carbocycles. The highest BCUT2D eigenvalue weighted by molar-refractivity contribution is 5.39. The lowest BCUT2D eigenvalue weighted by molar-refractivity contribution is 0.183. The maximum atomic E-state index is 9.58. The predicted molar refractivity (Wildman–Crippen MR) is 68.9 cm³/mol. The van der Waals surface area contributed by atoms with Crippen molar-refractivity contribution in [2.24, 2.45) is 5.92 Å². The van der Waals surface area contributed by atoms with Crippen LogP contribution in [0.3, 0.4) is 0 Å². The molecule has 2 unspecified atom stereocenters. The number of phenols is 1. The Bertz CT molecular complexity index is 472. The number of aliphatic hydroxyl groups excluding tert-OH is 1. The first-order chi connectivity index (χ1) is 8.06. The van der Waals surface area contributed by atoms with Crippen LogP contribution in [0.5, 0.6) is 5.75 Å². The third kappa shape index (κ3) is 2.77. The summed E-state index contributed by atoms with van der Waals surface area (Å²) in [6, 6.07) is 5.67. The minimum atomic E-state index is -0.361. The Morgan fingerprint density at radius 3 is 2.71 bits per heavy atom. The van der Waals surface area contributed by atoms with Crippen LogP contribution in [0.25, 0.3) is 0 Å². The first-order valence-corrected chi connectivity index (χ1v) is 5.91. The van der Waals surface area contributed by atoms with E-state index in [-0.39, 0.29) is 12.0 Å². The number of phenolic OH excluding ortho intramolecular Hbond substituents is 1. The lowest BCUT2D eigenvalue weighted by atomic mass is 9.92. The van der Waals surface area contributed by atoms with E-state index in [2.05, 4.69) is 6.08 Å². The van der Waals surface area contributed by atoms with Gasteiger partial charge in [0.2, 0.25) is 0 Å². The molecule has 2 heteroatoms. The summed E-state index contributed by atoms with van der Waals surface area (Å²) in [5, 5.41) is 19.0. The second-order valence-corrected chi connectivity index (χ2v) is 4.75. The van der Waals surface area contributed by atoms with Crippen molar-refractivity contribution in [1.82, 2.24) is 0 Å². The molecule has 0 heterocycles. The molecule has 0 radical (unpaired) electrons. The number of allylic oxidation sites excluding steroid dienone is 2. The predicted octanol–water partition coefficient (Wildman–Crippen LogP) is 2.74. The second kappa shape index (κ2) is 4.76. The number of hydrogen-bond donors (Lipinski definition) is 2. The van der Waals surface area contributed by atoms with Gasteiger partial charge in [0, 0.05) is 5.92 Å². The maximum absolute atomic E-state index is 9.58. The van der Waals surface area contributed by atoms with Crippen LogP contribution >= 0.6 is 0 Å². The van der Waals surface area contributed by atoms with Gasteiger partial charge in [-0.2, -0.15) is 0 Å². The van der Waals surface area contributed by atoms with Gasteiger partial charge in [-0.15, -0.1) is 0 Å². The van der Waals surface area contributed by atoms with Gasteiger partial charge in [-0.3, -0.25) is 0 Å². The van der Waals surface area contributed by atoms with Crippen LogP contribution < -0.4 is 0 Å². The highest BCUT2D eigenvalue weighted by Gasteiger charge is 2.13. The highest BCUT2D eigenvalue weighted by atomic mass is 16.3.